The third-order valence-corrected chi connectivity index (χ3v) is 8.53. The number of carbonyl (C=O) groups excluding carboxylic acids is 1. The molecule has 1 aromatic heterocycles. The normalized spacial score (nSPS) is 15.6. The molecule has 1 N–H and O–H groups in total. The largest absolute Gasteiger partial charge is 0.476 e. The van der Waals surface area contributed by atoms with Crippen LogP contribution in [-0.4, -0.2) is 31.5 Å². The zero-order valence-electron chi connectivity index (χ0n) is 17.8. The number of rotatable bonds is 4. The number of ether oxygens (including phenoxy) is 1. The van der Waals surface area contributed by atoms with Crippen LogP contribution >= 0.6 is 22.9 Å². The van der Waals surface area contributed by atoms with Crippen LogP contribution in [0.3, 0.4) is 0 Å². The van der Waals surface area contributed by atoms with Gasteiger partial charge in [0.05, 0.1) is 27.3 Å². The maximum atomic E-state index is 13.4. The summed E-state index contributed by atoms with van der Waals surface area (Å²) >= 11 is 6.99. The van der Waals surface area contributed by atoms with E-state index in [0.717, 1.165) is 21.6 Å². The molecule has 174 valence electrons. The molecule has 4 aromatic rings. The van der Waals surface area contributed by atoms with Gasteiger partial charge in [0.2, 0.25) is 0 Å². The summed E-state index contributed by atoms with van der Waals surface area (Å²) in [6, 6.07) is 17.6. The van der Waals surface area contributed by atoms with E-state index >= 15 is 0 Å². The van der Waals surface area contributed by atoms with Gasteiger partial charge in [-0.15, -0.1) is 0 Å². The second-order valence-electron chi connectivity index (χ2n) is 7.66. The van der Waals surface area contributed by atoms with Gasteiger partial charge in [-0.05, 0) is 54.6 Å². The Kier molecular flexibility index (Phi) is 5.59. The van der Waals surface area contributed by atoms with Gasteiger partial charge in [-0.3, -0.25) is 13.9 Å². The average Bonchev–Trinajstić information content (AvgIpc) is 3.11. The number of hydrogen-bond acceptors (Lipinski definition) is 6. The van der Waals surface area contributed by atoms with Gasteiger partial charge in [0.25, 0.3) is 15.9 Å². The van der Waals surface area contributed by atoms with Crippen molar-refractivity contribution in [3.63, 3.8) is 0 Å². The van der Waals surface area contributed by atoms with E-state index < -0.39 is 22.0 Å². The highest BCUT2D eigenvalue weighted by atomic mass is 35.5. The Labute approximate surface area is 204 Å². The lowest BCUT2D eigenvalue weighted by Crippen LogP contribution is -2.48. The summed E-state index contributed by atoms with van der Waals surface area (Å²) in [5.74, 6) is -0.225. The van der Waals surface area contributed by atoms with E-state index in [1.165, 1.54) is 33.1 Å². The minimum absolute atomic E-state index is 0.0530. The van der Waals surface area contributed by atoms with Gasteiger partial charge in [-0.2, -0.15) is 0 Å². The summed E-state index contributed by atoms with van der Waals surface area (Å²) in [7, 11) is -2.30. The van der Waals surface area contributed by atoms with Gasteiger partial charge in [0.15, 0.2) is 6.10 Å². The van der Waals surface area contributed by atoms with Crippen LogP contribution in [0.1, 0.15) is 0 Å². The average molecular weight is 516 g/mol. The molecule has 0 radical (unpaired) electrons. The number of amides is 1. The molecule has 0 spiro atoms. The highest BCUT2D eigenvalue weighted by Gasteiger charge is 2.37. The summed E-state index contributed by atoms with van der Waals surface area (Å²) in [5.41, 5.74) is 1.59. The first kappa shape index (κ1) is 22.5. The molecule has 1 amide bonds. The molecule has 3 aromatic carbocycles. The fourth-order valence-electron chi connectivity index (χ4n) is 3.73. The molecular formula is C23H18ClN3O5S2. The van der Waals surface area contributed by atoms with Crippen molar-refractivity contribution in [2.24, 2.45) is 7.05 Å². The number of sulfonamides is 1. The van der Waals surface area contributed by atoms with Crippen LogP contribution < -0.4 is 19.2 Å². The van der Waals surface area contributed by atoms with Crippen molar-refractivity contribution >= 4 is 60.5 Å². The summed E-state index contributed by atoms with van der Waals surface area (Å²) in [4.78, 5) is 25.0. The van der Waals surface area contributed by atoms with Crippen molar-refractivity contribution in [3.05, 3.63) is 81.4 Å². The second kappa shape index (κ2) is 8.46. The van der Waals surface area contributed by atoms with Gasteiger partial charge in [-0.1, -0.05) is 35.1 Å². The SMILES string of the molecule is Cn1c(=O)sc2cc(NC(=O)[C@H]3CN(S(=O)(=O)c4ccc(Cl)cc4)c4ccccc4O3)ccc21. The molecule has 1 aliphatic rings. The van der Waals surface area contributed by atoms with Crippen LogP contribution in [0.25, 0.3) is 10.2 Å². The molecule has 8 nitrogen and oxygen atoms in total. The number of aryl methyl sites for hydroxylation is 1. The molecule has 0 saturated carbocycles. The second-order valence-corrected chi connectivity index (χ2v) is 11.0. The van der Waals surface area contributed by atoms with Crippen molar-refractivity contribution < 1.29 is 17.9 Å². The standard InChI is InChI=1S/C23H18ClN3O5S2/c1-26-18-11-8-15(12-21(18)33-23(26)29)25-22(28)20-13-27(17-4-2-3-5-19(17)32-20)34(30,31)16-9-6-14(24)7-10-16/h2-12,20H,13H2,1H3,(H,25,28)/t20-/m1/s1. The minimum atomic E-state index is -3.98. The topological polar surface area (TPSA) is 97.7 Å². The Bertz CT molecular complexity index is 1580. The van der Waals surface area contributed by atoms with Gasteiger partial charge in [-0.25, -0.2) is 8.42 Å². The Morgan fingerprint density at radius 2 is 1.85 bits per heavy atom. The fourth-order valence-corrected chi connectivity index (χ4v) is 6.26. The first-order valence-electron chi connectivity index (χ1n) is 10.2. The van der Waals surface area contributed by atoms with Crippen molar-refractivity contribution in [3.8, 4) is 5.75 Å². The predicted octanol–water partition coefficient (Wildman–Crippen LogP) is 3.85. The van der Waals surface area contributed by atoms with Gasteiger partial charge in [0.1, 0.15) is 5.75 Å². The van der Waals surface area contributed by atoms with Crippen LogP contribution in [0, 0.1) is 0 Å². The number of benzene rings is 3. The molecule has 0 saturated heterocycles. The Hall–Kier alpha value is -3.34. The summed E-state index contributed by atoms with van der Waals surface area (Å²) in [6.45, 7) is -0.214. The summed E-state index contributed by atoms with van der Waals surface area (Å²) in [6.07, 6.45) is -1.10. The monoisotopic (exact) mass is 515 g/mol. The number of aromatic nitrogens is 1. The predicted molar refractivity (Wildman–Crippen MR) is 133 cm³/mol. The summed E-state index contributed by atoms with van der Waals surface area (Å²) in [5, 5.41) is 3.19. The van der Waals surface area contributed by atoms with Gasteiger partial charge >= 0.3 is 4.87 Å². The first-order valence-corrected chi connectivity index (χ1v) is 12.8. The Balaban J connectivity index is 1.45. The molecule has 0 fully saturated rings. The molecule has 2 heterocycles. The number of para-hydroxylation sites is 2. The Morgan fingerprint density at radius 3 is 2.62 bits per heavy atom. The number of anilines is 2. The first-order chi connectivity index (χ1) is 16.2. The van der Waals surface area contributed by atoms with Crippen molar-refractivity contribution in [2.45, 2.75) is 11.0 Å². The van der Waals surface area contributed by atoms with E-state index in [2.05, 4.69) is 5.32 Å². The third-order valence-electron chi connectivity index (χ3n) is 5.49. The van der Waals surface area contributed by atoms with Gasteiger partial charge < -0.3 is 14.6 Å². The quantitative estimate of drug-likeness (QED) is 0.445. The maximum Gasteiger partial charge on any atom is 0.307 e. The number of carbonyl (C=O) groups is 1. The molecule has 5 rings (SSSR count). The molecular weight excluding hydrogens is 498 g/mol. The van der Waals surface area contributed by atoms with E-state index in [1.54, 1.807) is 49.5 Å². The Morgan fingerprint density at radius 1 is 1.12 bits per heavy atom. The number of fused-ring (bicyclic) bond motifs is 2. The van der Waals surface area contributed by atoms with Crippen molar-refractivity contribution in [1.82, 2.24) is 4.57 Å². The molecule has 0 unspecified atom stereocenters. The highest BCUT2D eigenvalue weighted by Crippen LogP contribution is 2.37. The van der Waals surface area contributed by atoms with Crippen LogP contribution in [-0.2, 0) is 21.9 Å². The lowest BCUT2D eigenvalue weighted by molar-refractivity contribution is -0.122. The van der Waals surface area contributed by atoms with Crippen LogP contribution in [0.15, 0.2) is 76.4 Å². The smallest absolute Gasteiger partial charge is 0.307 e. The molecule has 1 aliphatic heterocycles. The molecule has 0 bridgehead atoms. The lowest BCUT2D eigenvalue weighted by atomic mass is 10.2. The number of nitrogens with zero attached hydrogens (tertiary/aromatic N) is 2. The minimum Gasteiger partial charge on any atom is -0.476 e. The molecule has 11 heteroatoms. The number of halogens is 1. The van der Waals surface area contributed by atoms with Crippen molar-refractivity contribution in [1.29, 1.82) is 0 Å². The third kappa shape index (κ3) is 3.93. The maximum absolute atomic E-state index is 13.4. The van der Waals surface area contributed by atoms with Crippen LogP contribution in [0.5, 0.6) is 5.75 Å². The highest BCUT2D eigenvalue weighted by molar-refractivity contribution is 7.92. The number of nitrogens with one attached hydrogen (secondary N) is 1. The lowest BCUT2D eigenvalue weighted by Gasteiger charge is -2.34. The van der Waals surface area contributed by atoms with Crippen LogP contribution in [0.4, 0.5) is 11.4 Å². The number of thiazole rings is 1. The van der Waals surface area contributed by atoms with E-state index in [4.69, 9.17) is 16.3 Å². The van der Waals surface area contributed by atoms with E-state index in [0.29, 0.717) is 16.4 Å². The fraction of sp³-hybridized carbons (Fsp3) is 0.130. The van der Waals surface area contributed by atoms with E-state index in [-0.39, 0.29) is 22.1 Å². The van der Waals surface area contributed by atoms with Gasteiger partial charge in [0, 0.05) is 17.8 Å². The molecule has 1 atom stereocenters. The number of hydrogen-bond donors (Lipinski definition) is 1. The van der Waals surface area contributed by atoms with E-state index in [1.807, 2.05) is 0 Å². The molecule has 34 heavy (non-hydrogen) atoms. The zero-order chi connectivity index (χ0) is 24.0. The zero-order valence-corrected chi connectivity index (χ0v) is 20.2. The molecule has 0 aliphatic carbocycles. The summed E-state index contributed by atoms with van der Waals surface area (Å²) < 4.78 is 36.2. The van der Waals surface area contributed by atoms with Crippen LogP contribution in [0.2, 0.25) is 5.02 Å². The van der Waals surface area contributed by atoms with Crippen molar-refractivity contribution in [2.75, 3.05) is 16.2 Å². The van der Waals surface area contributed by atoms with E-state index in [9.17, 15) is 18.0 Å².